The van der Waals surface area contributed by atoms with Crippen molar-refractivity contribution in [3.8, 4) is 5.75 Å². The summed E-state index contributed by atoms with van der Waals surface area (Å²) in [6.07, 6.45) is 1.43. The molecule has 0 unspecified atom stereocenters. The highest BCUT2D eigenvalue weighted by Gasteiger charge is 2.11. The molecule has 0 bridgehead atoms. The smallest absolute Gasteiger partial charge is 0.274 e. The lowest BCUT2D eigenvalue weighted by molar-refractivity contribution is 0.102. The summed E-state index contributed by atoms with van der Waals surface area (Å²) in [6, 6.07) is 14.6. The number of nitrogens with one attached hydrogen (secondary N) is 2. The summed E-state index contributed by atoms with van der Waals surface area (Å²) in [5.74, 6) is -0.0876. The fraction of sp³-hybridized carbons (Fsp3) is 0.0556. The van der Waals surface area contributed by atoms with Crippen molar-refractivity contribution in [3.05, 3.63) is 72.3 Å². The van der Waals surface area contributed by atoms with E-state index in [1.807, 2.05) is 0 Å². The van der Waals surface area contributed by atoms with Crippen molar-refractivity contribution >= 4 is 23.2 Å². The van der Waals surface area contributed by atoms with Crippen molar-refractivity contribution in [2.75, 3.05) is 17.7 Å². The molecule has 3 rings (SSSR count). The third-order valence-electron chi connectivity index (χ3n) is 3.34. The van der Waals surface area contributed by atoms with Crippen LogP contribution < -0.4 is 15.4 Å². The molecule has 1 aromatic heterocycles. The number of para-hydroxylation sites is 1. The van der Waals surface area contributed by atoms with Crippen molar-refractivity contribution < 1.29 is 13.9 Å². The molecule has 2 aromatic carbocycles. The highest BCUT2D eigenvalue weighted by molar-refractivity contribution is 6.03. The van der Waals surface area contributed by atoms with E-state index in [1.54, 1.807) is 49.6 Å². The molecule has 0 saturated heterocycles. The number of amides is 1. The fourth-order valence-corrected chi connectivity index (χ4v) is 2.12. The van der Waals surface area contributed by atoms with Crippen LogP contribution >= 0.6 is 0 Å². The number of carbonyl (C=O) groups excluding carboxylic acids is 1. The van der Waals surface area contributed by atoms with E-state index in [9.17, 15) is 9.18 Å². The molecule has 126 valence electrons. The zero-order chi connectivity index (χ0) is 17.6. The van der Waals surface area contributed by atoms with Gasteiger partial charge in [-0.1, -0.05) is 18.2 Å². The molecule has 1 heterocycles. The number of benzene rings is 2. The van der Waals surface area contributed by atoms with Gasteiger partial charge in [-0.2, -0.15) is 0 Å². The lowest BCUT2D eigenvalue weighted by atomic mass is 10.3. The number of anilines is 3. The molecule has 0 atom stereocenters. The van der Waals surface area contributed by atoms with Crippen LogP contribution in [0, 0.1) is 5.82 Å². The van der Waals surface area contributed by atoms with Gasteiger partial charge in [-0.05, 0) is 30.3 Å². The number of nitrogens with zero attached hydrogens (tertiary/aromatic N) is 2. The predicted molar refractivity (Wildman–Crippen MR) is 92.7 cm³/mol. The Hall–Kier alpha value is -3.48. The summed E-state index contributed by atoms with van der Waals surface area (Å²) in [5.41, 5.74) is 0.955. The number of aromatic nitrogens is 2. The van der Waals surface area contributed by atoms with Gasteiger partial charge >= 0.3 is 0 Å². The minimum absolute atomic E-state index is 0.128. The Morgan fingerprint density at radius 3 is 2.76 bits per heavy atom. The van der Waals surface area contributed by atoms with Crippen LogP contribution in [0.15, 0.2) is 60.8 Å². The number of ether oxygens (including phenoxy) is 1. The van der Waals surface area contributed by atoms with Crippen LogP contribution in [-0.2, 0) is 0 Å². The van der Waals surface area contributed by atoms with Crippen molar-refractivity contribution in [2.24, 2.45) is 0 Å². The maximum absolute atomic E-state index is 13.7. The Kier molecular flexibility index (Phi) is 4.84. The van der Waals surface area contributed by atoms with Crippen LogP contribution in [0.2, 0.25) is 0 Å². The predicted octanol–water partition coefficient (Wildman–Crippen LogP) is 3.62. The van der Waals surface area contributed by atoms with Crippen molar-refractivity contribution in [3.63, 3.8) is 0 Å². The van der Waals surface area contributed by atoms with E-state index < -0.39 is 11.7 Å². The zero-order valence-corrected chi connectivity index (χ0v) is 13.4. The maximum Gasteiger partial charge on any atom is 0.274 e. The van der Waals surface area contributed by atoms with E-state index in [1.165, 1.54) is 18.3 Å². The average Bonchev–Trinajstić information content (AvgIpc) is 2.64. The molecule has 25 heavy (non-hydrogen) atoms. The monoisotopic (exact) mass is 338 g/mol. The molecule has 7 heteroatoms. The minimum Gasteiger partial charge on any atom is -0.497 e. The van der Waals surface area contributed by atoms with E-state index in [0.717, 1.165) is 0 Å². The largest absolute Gasteiger partial charge is 0.497 e. The van der Waals surface area contributed by atoms with Gasteiger partial charge in [0.25, 0.3) is 5.91 Å². The first-order valence-corrected chi connectivity index (χ1v) is 7.46. The van der Waals surface area contributed by atoms with E-state index in [2.05, 4.69) is 20.6 Å². The average molecular weight is 338 g/mol. The number of carbonyl (C=O) groups is 1. The van der Waals surface area contributed by atoms with Crippen LogP contribution in [-0.4, -0.2) is 23.0 Å². The van der Waals surface area contributed by atoms with Crippen LogP contribution in [0.5, 0.6) is 5.75 Å². The van der Waals surface area contributed by atoms with Crippen LogP contribution in [0.4, 0.5) is 21.7 Å². The summed E-state index contributed by atoms with van der Waals surface area (Å²) < 4.78 is 18.8. The lowest BCUT2D eigenvalue weighted by Gasteiger charge is -2.08. The van der Waals surface area contributed by atoms with Crippen LogP contribution in [0.1, 0.15) is 10.5 Å². The maximum atomic E-state index is 13.7. The molecule has 0 aliphatic rings. The topological polar surface area (TPSA) is 76.1 Å². The van der Waals surface area contributed by atoms with Crippen molar-refractivity contribution in [1.29, 1.82) is 0 Å². The first-order valence-electron chi connectivity index (χ1n) is 7.46. The molecule has 1 amide bonds. The summed E-state index contributed by atoms with van der Waals surface area (Å²) in [7, 11) is 1.55. The minimum atomic E-state index is -0.433. The molecule has 6 nitrogen and oxygen atoms in total. The molecule has 0 spiro atoms. The fourth-order valence-electron chi connectivity index (χ4n) is 2.12. The number of rotatable bonds is 5. The van der Waals surface area contributed by atoms with Crippen LogP contribution in [0.3, 0.4) is 0 Å². The molecule has 0 fully saturated rings. The van der Waals surface area contributed by atoms with Gasteiger partial charge < -0.3 is 15.4 Å². The highest BCUT2D eigenvalue weighted by atomic mass is 19.1. The second kappa shape index (κ2) is 7.39. The molecule has 2 N–H and O–H groups in total. The second-order valence-electron chi connectivity index (χ2n) is 5.06. The van der Waals surface area contributed by atoms with Gasteiger partial charge in [-0.3, -0.25) is 4.79 Å². The Morgan fingerprint density at radius 1 is 1.12 bits per heavy atom. The van der Waals surface area contributed by atoms with Crippen molar-refractivity contribution in [2.45, 2.75) is 0 Å². The van der Waals surface area contributed by atoms with E-state index >= 15 is 0 Å². The van der Waals surface area contributed by atoms with E-state index in [-0.39, 0.29) is 17.3 Å². The number of methoxy groups -OCH3 is 1. The molecule has 0 aliphatic carbocycles. The third-order valence-corrected chi connectivity index (χ3v) is 3.34. The van der Waals surface area contributed by atoms with E-state index in [0.29, 0.717) is 11.4 Å². The summed E-state index contributed by atoms with van der Waals surface area (Å²) >= 11 is 0. The first kappa shape index (κ1) is 16.4. The Labute approximate surface area is 143 Å². The van der Waals surface area contributed by atoms with Gasteiger partial charge in [0.1, 0.15) is 17.3 Å². The van der Waals surface area contributed by atoms with Gasteiger partial charge in [-0.25, -0.2) is 14.4 Å². The summed E-state index contributed by atoms with van der Waals surface area (Å²) in [6.45, 7) is 0. The molecule has 0 radical (unpaired) electrons. The zero-order valence-electron chi connectivity index (χ0n) is 13.4. The highest BCUT2D eigenvalue weighted by Crippen LogP contribution is 2.19. The number of hydrogen-bond donors (Lipinski definition) is 2. The Bertz CT molecular complexity index is 902. The molecular weight excluding hydrogens is 323 g/mol. The molecule has 0 aliphatic heterocycles. The van der Waals surface area contributed by atoms with Crippen LogP contribution in [0.25, 0.3) is 0 Å². The van der Waals surface area contributed by atoms with Gasteiger partial charge in [0, 0.05) is 18.0 Å². The standard InChI is InChI=1S/C18H15FN4O2/c1-25-13-6-4-5-12(11-13)21-17(24)16-9-10-20-18(23-16)22-15-8-3-2-7-14(15)19/h2-11H,1H3,(H,21,24)(H,20,22,23). The SMILES string of the molecule is COc1cccc(NC(=O)c2ccnc(Nc3ccccc3F)n2)c1. The molecule has 3 aromatic rings. The Balaban J connectivity index is 1.76. The normalized spacial score (nSPS) is 10.2. The van der Waals surface area contributed by atoms with Crippen molar-refractivity contribution in [1.82, 2.24) is 9.97 Å². The van der Waals surface area contributed by atoms with E-state index in [4.69, 9.17) is 4.74 Å². The summed E-state index contributed by atoms with van der Waals surface area (Å²) in [5, 5.41) is 5.48. The van der Waals surface area contributed by atoms with Gasteiger partial charge in [0.05, 0.1) is 12.8 Å². The molecular formula is C18H15FN4O2. The molecule has 0 saturated carbocycles. The lowest BCUT2D eigenvalue weighted by Crippen LogP contribution is -2.14. The van der Waals surface area contributed by atoms with Gasteiger partial charge in [0.2, 0.25) is 5.95 Å². The van der Waals surface area contributed by atoms with Gasteiger partial charge in [-0.15, -0.1) is 0 Å². The Morgan fingerprint density at radius 2 is 1.96 bits per heavy atom. The number of hydrogen-bond acceptors (Lipinski definition) is 5. The quantitative estimate of drug-likeness (QED) is 0.743. The van der Waals surface area contributed by atoms with Gasteiger partial charge in [0.15, 0.2) is 0 Å². The number of halogens is 1. The second-order valence-corrected chi connectivity index (χ2v) is 5.06. The first-order chi connectivity index (χ1) is 12.2. The summed E-state index contributed by atoms with van der Waals surface area (Å²) in [4.78, 5) is 20.5. The third kappa shape index (κ3) is 4.08.